The molecule has 27 heavy (non-hydrogen) atoms. The average Bonchev–Trinajstić information content (AvgIpc) is 3.12. The fourth-order valence-electron chi connectivity index (χ4n) is 3.52. The van der Waals surface area contributed by atoms with Crippen LogP contribution in [-0.2, 0) is 16.1 Å². The highest BCUT2D eigenvalue weighted by Crippen LogP contribution is 2.31. The molecule has 152 valence electrons. The minimum Gasteiger partial charge on any atom is -0.475 e. The van der Waals surface area contributed by atoms with Gasteiger partial charge < -0.3 is 14.3 Å². The van der Waals surface area contributed by atoms with Gasteiger partial charge in [0, 0.05) is 50.9 Å². The first-order valence-electron chi connectivity index (χ1n) is 9.20. The molecule has 2 atom stereocenters. The predicted molar refractivity (Wildman–Crippen MR) is 90.1 cm³/mol. The lowest BCUT2D eigenvalue weighted by atomic mass is 10.1. The minimum absolute atomic E-state index is 0.481. The molecule has 1 aromatic rings. The molecule has 1 N–H and O–H groups in total. The van der Waals surface area contributed by atoms with Gasteiger partial charge in [-0.25, -0.2) is 4.79 Å². The number of hydrogen-bond acceptors (Lipinski definition) is 5. The van der Waals surface area contributed by atoms with Crippen molar-refractivity contribution in [2.24, 2.45) is 5.92 Å². The van der Waals surface area contributed by atoms with Crippen molar-refractivity contribution >= 4 is 5.97 Å². The number of hydrogen-bond donors (Lipinski definition) is 1. The third-order valence-electron chi connectivity index (χ3n) is 5.16. The van der Waals surface area contributed by atoms with E-state index in [0.717, 1.165) is 32.2 Å². The number of carboxylic acids is 1. The predicted octanol–water partition coefficient (Wildman–Crippen LogP) is 2.60. The van der Waals surface area contributed by atoms with Crippen LogP contribution in [-0.4, -0.2) is 72.0 Å². The summed E-state index contributed by atoms with van der Waals surface area (Å²) < 4.78 is 43.0. The third-order valence-corrected chi connectivity index (χ3v) is 5.16. The highest BCUT2D eigenvalue weighted by molar-refractivity contribution is 5.73. The Morgan fingerprint density at radius 1 is 1.30 bits per heavy atom. The maximum absolute atomic E-state index is 10.6. The molecule has 1 aliphatic carbocycles. The average molecular weight is 390 g/mol. The van der Waals surface area contributed by atoms with Crippen LogP contribution >= 0.6 is 0 Å². The van der Waals surface area contributed by atoms with Crippen molar-refractivity contribution in [3.8, 4) is 0 Å². The summed E-state index contributed by atoms with van der Waals surface area (Å²) in [5.74, 6) is -1.88. The van der Waals surface area contributed by atoms with E-state index in [-0.39, 0.29) is 0 Å². The lowest BCUT2D eigenvalue weighted by Crippen LogP contribution is -2.49. The lowest BCUT2D eigenvalue weighted by Gasteiger charge is -2.37. The second kappa shape index (κ2) is 8.62. The van der Waals surface area contributed by atoms with Gasteiger partial charge in [0.05, 0.1) is 18.6 Å². The molecule has 4 rings (SSSR count). The molecule has 0 bridgehead atoms. The van der Waals surface area contributed by atoms with Gasteiger partial charge in [-0.3, -0.25) is 9.80 Å². The minimum atomic E-state index is -5.08. The van der Waals surface area contributed by atoms with Gasteiger partial charge >= 0.3 is 12.1 Å². The monoisotopic (exact) mass is 390 g/mol. The van der Waals surface area contributed by atoms with Crippen molar-refractivity contribution in [2.45, 2.75) is 44.1 Å². The molecule has 9 heteroatoms. The number of halogens is 3. The number of carbonyl (C=O) groups is 1. The van der Waals surface area contributed by atoms with E-state index in [9.17, 15) is 13.2 Å². The Balaban J connectivity index is 0.000000260. The van der Waals surface area contributed by atoms with Gasteiger partial charge in [-0.2, -0.15) is 13.2 Å². The maximum Gasteiger partial charge on any atom is 0.490 e. The second-order valence-corrected chi connectivity index (χ2v) is 7.45. The fourth-order valence-corrected chi connectivity index (χ4v) is 3.52. The molecule has 0 spiro atoms. The molecule has 2 unspecified atom stereocenters. The van der Waals surface area contributed by atoms with Crippen molar-refractivity contribution in [1.29, 1.82) is 0 Å². The molecule has 1 saturated carbocycles. The molecule has 3 heterocycles. The lowest BCUT2D eigenvalue weighted by molar-refractivity contribution is -0.192. The summed E-state index contributed by atoms with van der Waals surface area (Å²) in [6, 6.07) is 2.77. The van der Waals surface area contributed by atoms with Crippen LogP contribution in [0.5, 0.6) is 0 Å². The van der Waals surface area contributed by atoms with E-state index in [2.05, 4.69) is 15.9 Å². The first-order chi connectivity index (χ1) is 12.8. The van der Waals surface area contributed by atoms with Crippen LogP contribution in [0.2, 0.25) is 0 Å². The number of ether oxygens (including phenoxy) is 1. The Morgan fingerprint density at radius 2 is 2.04 bits per heavy atom. The first-order valence-corrected chi connectivity index (χ1v) is 9.20. The largest absolute Gasteiger partial charge is 0.490 e. The van der Waals surface area contributed by atoms with E-state index in [1.165, 1.54) is 37.9 Å². The van der Waals surface area contributed by atoms with Crippen molar-refractivity contribution in [1.82, 2.24) is 9.80 Å². The standard InChI is InChI=1S/C16H24N2O2.C2HF3O2/c1-2-13(1)12-20-16-7-15-9-17(4-5-18(15)10-16)8-14-3-6-19-11-14;3-2(4,5)1(6)7/h3,6,11,13,15-16H,1-2,4-5,7-10,12H2;(H,6,7). The molecule has 6 nitrogen and oxygen atoms in total. The summed E-state index contributed by atoms with van der Waals surface area (Å²) in [6.07, 6.45) is 3.02. The number of rotatable bonds is 5. The highest BCUT2D eigenvalue weighted by Gasteiger charge is 2.38. The summed E-state index contributed by atoms with van der Waals surface area (Å²) in [6.45, 7) is 6.70. The van der Waals surface area contributed by atoms with Crippen LogP contribution in [0.3, 0.4) is 0 Å². The smallest absolute Gasteiger partial charge is 0.475 e. The Bertz CT molecular complexity index is 604. The first kappa shape index (κ1) is 20.2. The topological polar surface area (TPSA) is 66.2 Å². The van der Waals surface area contributed by atoms with Crippen LogP contribution in [0, 0.1) is 5.92 Å². The van der Waals surface area contributed by atoms with Gasteiger partial charge in [-0.15, -0.1) is 0 Å². The summed E-state index contributed by atoms with van der Waals surface area (Å²) in [5, 5.41) is 7.12. The fraction of sp³-hybridized carbons (Fsp3) is 0.722. The van der Waals surface area contributed by atoms with Gasteiger partial charge in [0.15, 0.2) is 0 Å². The number of alkyl halides is 3. The van der Waals surface area contributed by atoms with Gasteiger partial charge in [-0.05, 0) is 31.2 Å². The molecular weight excluding hydrogens is 365 g/mol. The van der Waals surface area contributed by atoms with Gasteiger partial charge in [0.1, 0.15) is 0 Å². The van der Waals surface area contributed by atoms with Crippen LogP contribution in [0.4, 0.5) is 13.2 Å². The van der Waals surface area contributed by atoms with Crippen LogP contribution in [0.15, 0.2) is 23.0 Å². The van der Waals surface area contributed by atoms with Crippen LogP contribution in [0.1, 0.15) is 24.8 Å². The molecule has 2 saturated heterocycles. The van der Waals surface area contributed by atoms with Crippen molar-refractivity contribution in [3.05, 3.63) is 24.2 Å². The molecule has 3 fully saturated rings. The number of aliphatic carboxylic acids is 1. The number of piperazine rings is 1. The Kier molecular flexibility index (Phi) is 6.44. The van der Waals surface area contributed by atoms with Gasteiger partial charge in [0.2, 0.25) is 0 Å². The summed E-state index contributed by atoms with van der Waals surface area (Å²) in [4.78, 5) is 14.1. The molecule has 1 aromatic heterocycles. The van der Waals surface area contributed by atoms with Crippen molar-refractivity contribution in [3.63, 3.8) is 0 Å². The molecule has 0 amide bonds. The third kappa shape index (κ3) is 6.22. The zero-order valence-corrected chi connectivity index (χ0v) is 15.0. The normalized spacial score (nSPS) is 26.3. The maximum atomic E-state index is 10.6. The van der Waals surface area contributed by atoms with Crippen molar-refractivity contribution in [2.75, 3.05) is 32.8 Å². The molecule has 2 aliphatic heterocycles. The van der Waals surface area contributed by atoms with Gasteiger partial charge in [-0.1, -0.05) is 0 Å². The van der Waals surface area contributed by atoms with E-state index >= 15 is 0 Å². The summed E-state index contributed by atoms with van der Waals surface area (Å²) in [5.41, 5.74) is 1.29. The number of fused-ring (bicyclic) bond motifs is 1. The van der Waals surface area contributed by atoms with E-state index in [1.54, 1.807) is 6.26 Å². The van der Waals surface area contributed by atoms with E-state index in [0.29, 0.717) is 12.1 Å². The molecular formula is C18H25F3N2O4. The van der Waals surface area contributed by atoms with E-state index < -0.39 is 12.1 Å². The zero-order valence-electron chi connectivity index (χ0n) is 15.0. The SMILES string of the molecule is O=C(O)C(F)(F)F.c1cc(CN2CCN3CC(OCC4CC4)CC3C2)co1. The Morgan fingerprint density at radius 3 is 2.63 bits per heavy atom. The molecule has 0 radical (unpaired) electrons. The number of nitrogens with zero attached hydrogens (tertiary/aromatic N) is 2. The second-order valence-electron chi connectivity index (χ2n) is 7.45. The number of furan rings is 1. The van der Waals surface area contributed by atoms with Crippen molar-refractivity contribution < 1.29 is 32.2 Å². The van der Waals surface area contributed by atoms with E-state index in [1.807, 2.05) is 6.26 Å². The number of carboxylic acid groups (broad SMARTS) is 1. The van der Waals surface area contributed by atoms with Gasteiger partial charge in [0.25, 0.3) is 0 Å². The Hall–Kier alpha value is -1.58. The summed E-state index contributed by atoms with van der Waals surface area (Å²) in [7, 11) is 0. The quantitative estimate of drug-likeness (QED) is 0.834. The summed E-state index contributed by atoms with van der Waals surface area (Å²) >= 11 is 0. The molecule has 0 aromatic carbocycles. The molecule has 3 aliphatic rings. The highest BCUT2D eigenvalue weighted by atomic mass is 19.4. The van der Waals surface area contributed by atoms with Crippen LogP contribution in [0.25, 0.3) is 0 Å². The Labute approximate surface area is 155 Å². The van der Waals surface area contributed by atoms with E-state index in [4.69, 9.17) is 19.1 Å². The zero-order chi connectivity index (χ0) is 19.4. The van der Waals surface area contributed by atoms with Crippen LogP contribution < -0.4 is 0 Å².